The van der Waals surface area contributed by atoms with Crippen molar-refractivity contribution in [3.05, 3.63) is 81.6 Å². The molecule has 0 spiro atoms. The molecule has 1 heterocycles. The zero-order valence-corrected chi connectivity index (χ0v) is 14.7. The summed E-state index contributed by atoms with van der Waals surface area (Å²) in [5.74, 6) is 1.18. The highest BCUT2D eigenvalue weighted by atomic mass is 16.6. The van der Waals surface area contributed by atoms with E-state index in [1.165, 1.54) is 19.2 Å². The highest BCUT2D eigenvalue weighted by molar-refractivity contribution is 5.89. The second kappa shape index (κ2) is 7.90. The summed E-state index contributed by atoms with van der Waals surface area (Å²) in [6, 6.07) is 18.5. The van der Waals surface area contributed by atoms with Gasteiger partial charge in [0, 0.05) is 6.07 Å². The van der Waals surface area contributed by atoms with Gasteiger partial charge in [-0.1, -0.05) is 12.1 Å². The Hall–Kier alpha value is -4.36. The number of non-ortho nitro benzene ring substituents is 1. The summed E-state index contributed by atoms with van der Waals surface area (Å²) in [6.45, 7) is 0. The molecular weight excluding hydrogens is 358 g/mol. The minimum absolute atomic E-state index is 0.0867. The molecule has 0 aliphatic rings. The van der Waals surface area contributed by atoms with Gasteiger partial charge < -0.3 is 9.15 Å². The number of hydrogen-bond acceptors (Lipinski definition) is 6. The fourth-order valence-electron chi connectivity index (χ4n) is 2.65. The van der Waals surface area contributed by atoms with Gasteiger partial charge in [0.2, 0.25) is 0 Å². The lowest BCUT2D eigenvalue weighted by molar-refractivity contribution is -0.384. The van der Waals surface area contributed by atoms with Crippen LogP contribution in [-0.4, -0.2) is 12.0 Å². The van der Waals surface area contributed by atoms with Gasteiger partial charge in [-0.2, -0.15) is 10.5 Å². The molecule has 0 saturated carbocycles. The van der Waals surface area contributed by atoms with Crippen LogP contribution in [0.15, 0.2) is 59.0 Å². The molecule has 0 aliphatic carbocycles. The Labute approximate surface area is 160 Å². The summed E-state index contributed by atoms with van der Waals surface area (Å²) in [4.78, 5) is 10.4. The van der Waals surface area contributed by atoms with Crippen LogP contribution in [0.1, 0.15) is 16.9 Å². The molecule has 7 nitrogen and oxygen atoms in total. The van der Waals surface area contributed by atoms with Crippen LogP contribution in [0.4, 0.5) is 5.69 Å². The molecule has 28 heavy (non-hydrogen) atoms. The minimum atomic E-state index is -0.503. The topological polar surface area (TPSA) is 113 Å². The highest BCUT2D eigenvalue weighted by Gasteiger charge is 2.15. The Balaban J connectivity index is 1.98. The number of hydrogen-bond donors (Lipinski definition) is 0. The number of nitro groups is 1. The van der Waals surface area contributed by atoms with Crippen LogP contribution in [0.2, 0.25) is 0 Å². The monoisotopic (exact) mass is 371 g/mol. The largest absolute Gasteiger partial charge is 0.496 e. The van der Waals surface area contributed by atoms with Crippen LogP contribution in [-0.2, 0) is 0 Å². The van der Waals surface area contributed by atoms with Crippen molar-refractivity contribution in [2.45, 2.75) is 0 Å². The first kappa shape index (κ1) is 18.4. The van der Waals surface area contributed by atoms with E-state index in [0.29, 0.717) is 39.5 Å². The normalized spacial score (nSPS) is 10.8. The molecular formula is C21H13N3O4. The zero-order valence-electron chi connectivity index (χ0n) is 14.7. The molecule has 0 bridgehead atoms. The Morgan fingerprint density at radius 3 is 2.68 bits per heavy atom. The van der Waals surface area contributed by atoms with Gasteiger partial charge in [0.15, 0.2) is 0 Å². The van der Waals surface area contributed by atoms with E-state index in [1.54, 1.807) is 48.5 Å². The van der Waals surface area contributed by atoms with Gasteiger partial charge in [0.05, 0.1) is 46.9 Å². The number of allylic oxidation sites excluding steroid dienone is 1. The maximum Gasteiger partial charge on any atom is 0.273 e. The summed E-state index contributed by atoms with van der Waals surface area (Å²) < 4.78 is 11.0. The molecule has 136 valence electrons. The standard InChI is InChI=1S/C21H13N3O4/c1-27-21-11-17(24(25)26)5-7-19(21)20-8-6-18(28-20)10-16(13-23)15-4-2-3-14(9-15)12-22/h2-11H,1H3/b16-10+. The summed E-state index contributed by atoms with van der Waals surface area (Å²) in [6.07, 6.45) is 1.57. The smallest absolute Gasteiger partial charge is 0.273 e. The number of methoxy groups -OCH3 is 1. The fraction of sp³-hybridized carbons (Fsp3) is 0.0476. The van der Waals surface area contributed by atoms with E-state index in [1.807, 2.05) is 6.07 Å². The number of nitrogens with zero attached hydrogens (tertiary/aromatic N) is 3. The van der Waals surface area contributed by atoms with Crippen molar-refractivity contribution < 1.29 is 14.1 Å². The fourth-order valence-corrected chi connectivity index (χ4v) is 2.65. The molecule has 0 aliphatic heterocycles. The predicted molar refractivity (Wildman–Crippen MR) is 102 cm³/mol. The van der Waals surface area contributed by atoms with Gasteiger partial charge >= 0.3 is 0 Å². The molecule has 0 N–H and O–H groups in total. The highest BCUT2D eigenvalue weighted by Crippen LogP contribution is 2.34. The SMILES string of the molecule is COc1cc([N+](=O)[O-])ccc1-c1ccc(/C=C(\C#N)c2cccc(C#N)c2)o1. The molecule has 1 aromatic heterocycles. The van der Waals surface area contributed by atoms with Gasteiger partial charge in [-0.05, 0) is 42.0 Å². The Morgan fingerprint density at radius 2 is 2.00 bits per heavy atom. The summed E-state index contributed by atoms with van der Waals surface area (Å²) in [5.41, 5.74) is 1.87. The van der Waals surface area contributed by atoms with E-state index in [0.717, 1.165) is 0 Å². The van der Waals surface area contributed by atoms with Gasteiger partial charge in [-0.15, -0.1) is 0 Å². The van der Waals surface area contributed by atoms with Crippen molar-refractivity contribution in [2.75, 3.05) is 7.11 Å². The average molecular weight is 371 g/mol. The van der Waals surface area contributed by atoms with Crippen molar-refractivity contribution in [3.63, 3.8) is 0 Å². The summed E-state index contributed by atoms with van der Waals surface area (Å²) in [5, 5.41) is 29.4. The number of nitriles is 2. The number of furan rings is 1. The van der Waals surface area contributed by atoms with Gasteiger partial charge in [-0.25, -0.2) is 0 Å². The third-order valence-corrected chi connectivity index (χ3v) is 4.00. The Bertz CT molecular complexity index is 1160. The first-order valence-corrected chi connectivity index (χ1v) is 8.10. The van der Waals surface area contributed by atoms with Crippen LogP contribution in [0.25, 0.3) is 23.0 Å². The molecule has 0 unspecified atom stereocenters. The first-order chi connectivity index (χ1) is 13.5. The lowest BCUT2D eigenvalue weighted by atomic mass is 10.0. The molecule has 2 aromatic carbocycles. The van der Waals surface area contributed by atoms with Crippen molar-refractivity contribution in [2.24, 2.45) is 0 Å². The summed E-state index contributed by atoms with van der Waals surface area (Å²) >= 11 is 0. The maximum absolute atomic E-state index is 10.9. The van der Waals surface area contributed by atoms with E-state index in [-0.39, 0.29) is 5.69 Å². The Kier molecular flexibility index (Phi) is 5.20. The molecule has 3 rings (SSSR count). The average Bonchev–Trinajstić information content (AvgIpc) is 3.19. The van der Waals surface area contributed by atoms with E-state index in [2.05, 4.69) is 6.07 Å². The van der Waals surface area contributed by atoms with Gasteiger partial charge in [0.25, 0.3) is 5.69 Å². The molecule has 0 atom stereocenters. The third kappa shape index (κ3) is 3.74. The number of ether oxygens (including phenoxy) is 1. The molecule has 0 saturated heterocycles. The lowest BCUT2D eigenvalue weighted by Crippen LogP contribution is -1.92. The quantitative estimate of drug-likeness (QED) is 0.362. The molecule has 0 radical (unpaired) electrons. The van der Waals surface area contributed by atoms with E-state index in [4.69, 9.17) is 14.4 Å². The molecule has 7 heteroatoms. The second-order valence-corrected chi connectivity index (χ2v) is 5.71. The van der Waals surface area contributed by atoms with Crippen LogP contribution >= 0.6 is 0 Å². The maximum atomic E-state index is 10.9. The molecule has 0 amide bonds. The van der Waals surface area contributed by atoms with Crippen LogP contribution < -0.4 is 4.74 Å². The molecule has 3 aromatic rings. The number of nitro benzene ring substituents is 1. The zero-order chi connectivity index (χ0) is 20.1. The van der Waals surface area contributed by atoms with Crippen molar-refractivity contribution >= 4 is 17.3 Å². The van der Waals surface area contributed by atoms with E-state index in [9.17, 15) is 15.4 Å². The van der Waals surface area contributed by atoms with Crippen LogP contribution in [0.3, 0.4) is 0 Å². The Morgan fingerprint density at radius 1 is 1.18 bits per heavy atom. The first-order valence-electron chi connectivity index (χ1n) is 8.10. The number of rotatable bonds is 5. The van der Waals surface area contributed by atoms with Crippen molar-refractivity contribution in [1.82, 2.24) is 0 Å². The van der Waals surface area contributed by atoms with Crippen molar-refractivity contribution in [3.8, 4) is 29.2 Å². The van der Waals surface area contributed by atoms with Gasteiger partial charge in [0.1, 0.15) is 17.3 Å². The third-order valence-electron chi connectivity index (χ3n) is 4.00. The van der Waals surface area contributed by atoms with E-state index < -0.39 is 4.92 Å². The minimum Gasteiger partial charge on any atom is -0.496 e. The predicted octanol–water partition coefficient (Wildman–Crippen LogP) is 4.80. The second-order valence-electron chi connectivity index (χ2n) is 5.71. The van der Waals surface area contributed by atoms with Crippen molar-refractivity contribution in [1.29, 1.82) is 10.5 Å². The summed E-state index contributed by atoms with van der Waals surface area (Å²) in [7, 11) is 1.42. The van der Waals surface area contributed by atoms with Crippen LogP contribution in [0, 0.1) is 32.8 Å². The van der Waals surface area contributed by atoms with Gasteiger partial charge in [-0.3, -0.25) is 10.1 Å². The van der Waals surface area contributed by atoms with E-state index >= 15 is 0 Å². The lowest BCUT2D eigenvalue weighted by Gasteiger charge is -2.05. The number of benzene rings is 2. The van der Waals surface area contributed by atoms with Crippen LogP contribution in [0.5, 0.6) is 5.75 Å². The molecule has 0 fully saturated rings.